The lowest BCUT2D eigenvalue weighted by Gasteiger charge is -2.12. The largest absolute Gasteiger partial charge is 0.433 e. The van der Waals surface area contributed by atoms with E-state index in [4.69, 9.17) is 11.5 Å². The van der Waals surface area contributed by atoms with Crippen LogP contribution in [-0.2, 0) is 12.6 Å². The van der Waals surface area contributed by atoms with Crippen LogP contribution in [0.3, 0.4) is 0 Å². The van der Waals surface area contributed by atoms with Gasteiger partial charge >= 0.3 is 6.18 Å². The van der Waals surface area contributed by atoms with E-state index in [0.717, 1.165) is 18.9 Å². The number of nitrogen functional groups attached to an aromatic ring is 2. The van der Waals surface area contributed by atoms with Crippen molar-refractivity contribution in [3.63, 3.8) is 0 Å². The number of anilines is 2. The third-order valence-electron chi connectivity index (χ3n) is 2.87. The van der Waals surface area contributed by atoms with Crippen LogP contribution in [0.25, 0.3) is 11.0 Å². The third-order valence-corrected chi connectivity index (χ3v) is 2.87. The smallest absolute Gasteiger partial charge is 0.382 e. The highest BCUT2D eigenvalue weighted by Gasteiger charge is 2.33. The Labute approximate surface area is 113 Å². The maximum absolute atomic E-state index is 12.9. The van der Waals surface area contributed by atoms with Gasteiger partial charge in [-0.2, -0.15) is 18.2 Å². The molecule has 0 aliphatic heterocycles. The summed E-state index contributed by atoms with van der Waals surface area (Å²) in [6.07, 6.45) is -2.50. The molecule has 0 amide bonds. The number of aryl methyl sites for hydroxylation is 1. The van der Waals surface area contributed by atoms with Gasteiger partial charge in [-0.1, -0.05) is 13.3 Å². The average molecular weight is 285 g/mol. The van der Waals surface area contributed by atoms with Crippen molar-refractivity contribution >= 4 is 22.8 Å². The van der Waals surface area contributed by atoms with E-state index < -0.39 is 11.9 Å². The molecule has 0 bridgehead atoms. The zero-order valence-electron chi connectivity index (χ0n) is 10.8. The highest BCUT2D eigenvalue weighted by atomic mass is 19.4. The molecular weight excluding hydrogens is 271 g/mol. The Morgan fingerprint density at radius 3 is 2.40 bits per heavy atom. The zero-order valence-corrected chi connectivity index (χ0v) is 10.8. The number of halogens is 3. The molecule has 0 radical (unpaired) electrons. The number of nitrogens with two attached hydrogens (primary N) is 2. The molecule has 2 aromatic rings. The Balaban J connectivity index is 2.71. The van der Waals surface area contributed by atoms with Crippen LogP contribution in [0.2, 0.25) is 0 Å². The number of aromatic nitrogens is 3. The SMILES string of the molecule is CCCCc1cc(C(F)(F)F)nc2c(N)nc(N)nc12. The summed E-state index contributed by atoms with van der Waals surface area (Å²) in [7, 11) is 0. The normalized spacial score (nSPS) is 12.0. The van der Waals surface area contributed by atoms with Gasteiger partial charge in [0.1, 0.15) is 11.2 Å². The van der Waals surface area contributed by atoms with Crippen molar-refractivity contribution in [1.29, 1.82) is 0 Å². The molecule has 0 saturated carbocycles. The molecule has 8 heteroatoms. The second kappa shape index (κ2) is 5.10. The van der Waals surface area contributed by atoms with Gasteiger partial charge in [0.05, 0.1) is 5.52 Å². The summed E-state index contributed by atoms with van der Waals surface area (Å²) in [5, 5.41) is 0. The molecule has 5 nitrogen and oxygen atoms in total. The summed E-state index contributed by atoms with van der Waals surface area (Å²) in [5.74, 6) is -0.217. The lowest BCUT2D eigenvalue weighted by atomic mass is 10.1. The number of fused-ring (bicyclic) bond motifs is 1. The summed E-state index contributed by atoms with van der Waals surface area (Å²) in [6, 6.07) is 1.00. The van der Waals surface area contributed by atoms with E-state index in [1.807, 2.05) is 6.92 Å². The second-order valence-corrected chi connectivity index (χ2v) is 4.43. The number of unbranched alkanes of at least 4 members (excludes halogenated alkanes) is 1. The first kappa shape index (κ1) is 14.3. The number of pyridine rings is 1. The molecule has 2 rings (SSSR count). The maximum atomic E-state index is 12.9. The van der Waals surface area contributed by atoms with Gasteiger partial charge in [-0.3, -0.25) is 0 Å². The molecule has 2 aromatic heterocycles. The van der Waals surface area contributed by atoms with Crippen LogP contribution in [0.5, 0.6) is 0 Å². The summed E-state index contributed by atoms with van der Waals surface area (Å²) in [6.45, 7) is 1.95. The van der Waals surface area contributed by atoms with Crippen molar-refractivity contribution in [1.82, 2.24) is 15.0 Å². The standard InChI is InChI=1S/C12H14F3N5/c1-2-3-4-6-5-7(12(13,14)15)18-9-8(6)19-11(17)20-10(9)16/h5H,2-4H2,1H3,(H4,16,17,19,20). The van der Waals surface area contributed by atoms with E-state index in [9.17, 15) is 13.2 Å². The highest BCUT2D eigenvalue weighted by molar-refractivity contribution is 5.87. The van der Waals surface area contributed by atoms with Crippen molar-refractivity contribution in [3.05, 3.63) is 17.3 Å². The molecule has 4 N–H and O–H groups in total. The lowest BCUT2D eigenvalue weighted by molar-refractivity contribution is -0.141. The summed E-state index contributed by atoms with van der Waals surface area (Å²) >= 11 is 0. The molecule has 0 aliphatic carbocycles. The molecule has 0 saturated heterocycles. The molecule has 0 fully saturated rings. The second-order valence-electron chi connectivity index (χ2n) is 4.43. The minimum Gasteiger partial charge on any atom is -0.382 e. The van der Waals surface area contributed by atoms with Gasteiger partial charge in [0.15, 0.2) is 5.82 Å². The van der Waals surface area contributed by atoms with Crippen LogP contribution in [0.4, 0.5) is 24.9 Å². The molecule has 0 aromatic carbocycles. The predicted octanol–water partition coefficient (Wildman–Crippen LogP) is 2.55. The summed E-state index contributed by atoms with van der Waals surface area (Å²) in [5.41, 5.74) is 10.8. The third kappa shape index (κ3) is 2.73. The Bertz CT molecular complexity index is 639. The number of rotatable bonds is 3. The first-order valence-corrected chi connectivity index (χ1v) is 6.12. The van der Waals surface area contributed by atoms with Gasteiger partial charge in [-0.25, -0.2) is 9.97 Å². The van der Waals surface area contributed by atoms with Crippen molar-refractivity contribution in [3.8, 4) is 0 Å². The van der Waals surface area contributed by atoms with Crippen LogP contribution >= 0.6 is 0 Å². The van der Waals surface area contributed by atoms with Crippen LogP contribution in [-0.4, -0.2) is 15.0 Å². The van der Waals surface area contributed by atoms with Gasteiger partial charge in [0.2, 0.25) is 5.95 Å². The maximum Gasteiger partial charge on any atom is 0.433 e. The van der Waals surface area contributed by atoms with Gasteiger partial charge in [0, 0.05) is 0 Å². The van der Waals surface area contributed by atoms with Crippen LogP contribution in [0.15, 0.2) is 6.07 Å². The topological polar surface area (TPSA) is 90.7 Å². The van der Waals surface area contributed by atoms with Crippen molar-refractivity contribution < 1.29 is 13.2 Å². The Hall–Kier alpha value is -2.12. The van der Waals surface area contributed by atoms with Crippen molar-refractivity contribution in [2.45, 2.75) is 32.4 Å². The van der Waals surface area contributed by atoms with Gasteiger partial charge < -0.3 is 11.5 Å². The average Bonchev–Trinajstić information content (AvgIpc) is 2.34. The number of hydrogen-bond acceptors (Lipinski definition) is 5. The lowest BCUT2D eigenvalue weighted by Crippen LogP contribution is -2.12. The van der Waals surface area contributed by atoms with Crippen LogP contribution in [0.1, 0.15) is 31.0 Å². The number of hydrogen-bond donors (Lipinski definition) is 2. The fourth-order valence-electron chi connectivity index (χ4n) is 1.91. The van der Waals surface area contributed by atoms with Gasteiger partial charge in [-0.15, -0.1) is 0 Å². The van der Waals surface area contributed by atoms with Crippen molar-refractivity contribution in [2.75, 3.05) is 11.5 Å². The highest BCUT2D eigenvalue weighted by Crippen LogP contribution is 2.32. The van der Waals surface area contributed by atoms with E-state index in [-0.39, 0.29) is 22.8 Å². The van der Waals surface area contributed by atoms with Gasteiger partial charge in [-0.05, 0) is 24.5 Å². The van der Waals surface area contributed by atoms with E-state index in [1.54, 1.807) is 0 Å². The minimum atomic E-state index is -4.54. The summed E-state index contributed by atoms with van der Waals surface area (Å²) < 4.78 is 38.6. The fraction of sp³-hybridized carbons (Fsp3) is 0.417. The van der Waals surface area contributed by atoms with E-state index >= 15 is 0 Å². The number of nitrogens with zero attached hydrogens (tertiary/aromatic N) is 3. The van der Waals surface area contributed by atoms with Crippen molar-refractivity contribution in [2.24, 2.45) is 0 Å². The molecule has 0 atom stereocenters. The van der Waals surface area contributed by atoms with Crippen LogP contribution < -0.4 is 11.5 Å². The molecule has 20 heavy (non-hydrogen) atoms. The molecule has 0 unspecified atom stereocenters. The molecule has 108 valence electrons. The minimum absolute atomic E-state index is 0.0554. The van der Waals surface area contributed by atoms with E-state index in [1.165, 1.54) is 0 Å². The quantitative estimate of drug-likeness (QED) is 0.904. The fourth-order valence-corrected chi connectivity index (χ4v) is 1.91. The molecular formula is C12H14F3N5. The summed E-state index contributed by atoms with van der Waals surface area (Å²) in [4.78, 5) is 11.2. The first-order chi connectivity index (χ1) is 9.32. The van der Waals surface area contributed by atoms with E-state index in [2.05, 4.69) is 15.0 Å². The first-order valence-electron chi connectivity index (χ1n) is 6.12. The monoisotopic (exact) mass is 285 g/mol. The zero-order chi connectivity index (χ0) is 14.9. The molecule has 0 spiro atoms. The van der Waals surface area contributed by atoms with E-state index in [0.29, 0.717) is 12.0 Å². The molecule has 0 aliphatic rings. The Morgan fingerprint density at radius 1 is 1.10 bits per heavy atom. The number of alkyl halides is 3. The van der Waals surface area contributed by atoms with Crippen LogP contribution in [0, 0.1) is 0 Å². The molecule has 2 heterocycles. The predicted molar refractivity (Wildman–Crippen MR) is 69.8 cm³/mol. The Kier molecular flexibility index (Phi) is 3.65. The van der Waals surface area contributed by atoms with Gasteiger partial charge in [0.25, 0.3) is 0 Å². The Morgan fingerprint density at radius 2 is 1.80 bits per heavy atom.